The van der Waals surface area contributed by atoms with Gasteiger partial charge in [-0.1, -0.05) is 17.8 Å². The van der Waals surface area contributed by atoms with Gasteiger partial charge >= 0.3 is 6.18 Å². The maximum Gasteiger partial charge on any atom is 0.417 e. The van der Waals surface area contributed by atoms with Crippen LogP contribution in [0.1, 0.15) is 11.1 Å². The predicted molar refractivity (Wildman–Crippen MR) is 67.7 cm³/mol. The van der Waals surface area contributed by atoms with Crippen molar-refractivity contribution in [1.29, 1.82) is 0 Å². The average molecular weight is 302 g/mol. The van der Waals surface area contributed by atoms with Crippen molar-refractivity contribution in [2.24, 2.45) is 5.73 Å². The van der Waals surface area contributed by atoms with E-state index in [0.717, 1.165) is 24.0 Å². The fourth-order valence-electron chi connectivity index (χ4n) is 1.48. The quantitative estimate of drug-likeness (QED) is 0.875. The van der Waals surface area contributed by atoms with E-state index in [1.165, 1.54) is 18.2 Å². The van der Waals surface area contributed by atoms with Crippen LogP contribution in [-0.4, -0.2) is 4.98 Å². The Kier molecular flexibility index (Phi) is 4.29. The van der Waals surface area contributed by atoms with Crippen molar-refractivity contribution in [3.8, 4) is 0 Å². The van der Waals surface area contributed by atoms with E-state index in [1.54, 1.807) is 6.07 Å². The van der Waals surface area contributed by atoms with E-state index >= 15 is 0 Å². The van der Waals surface area contributed by atoms with Crippen molar-refractivity contribution < 1.29 is 17.6 Å². The van der Waals surface area contributed by atoms with Crippen molar-refractivity contribution in [1.82, 2.24) is 4.98 Å². The molecule has 0 aliphatic heterocycles. The smallest absolute Gasteiger partial charge is 0.326 e. The first-order valence-electron chi connectivity index (χ1n) is 5.60. The van der Waals surface area contributed by atoms with Crippen LogP contribution in [0.4, 0.5) is 17.6 Å². The first-order chi connectivity index (χ1) is 9.40. The molecule has 1 aromatic heterocycles. The van der Waals surface area contributed by atoms with E-state index in [9.17, 15) is 17.6 Å². The number of alkyl halides is 3. The second-order valence-corrected chi connectivity index (χ2v) is 5.02. The molecule has 106 valence electrons. The first kappa shape index (κ1) is 14.8. The lowest BCUT2D eigenvalue weighted by Crippen LogP contribution is -2.05. The third-order valence-electron chi connectivity index (χ3n) is 2.51. The minimum absolute atomic E-state index is 0.223. The van der Waals surface area contributed by atoms with Crippen LogP contribution in [0, 0.1) is 5.82 Å². The molecule has 0 amide bonds. The van der Waals surface area contributed by atoms with E-state index in [2.05, 4.69) is 4.98 Å². The van der Waals surface area contributed by atoms with E-state index < -0.39 is 17.6 Å². The SMILES string of the molecule is NCc1ccc(Sc2ccc(C(F)(F)F)cn2)c(F)c1. The molecule has 2 aromatic rings. The van der Waals surface area contributed by atoms with E-state index in [4.69, 9.17) is 5.73 Å². The lowest BCUT2D eigenvalue weighted by molar-refractivity contribution is -0.137. The van der Waals surface area contributed by atoms with Crippen molar-refractivity contribution in [3.63, 3.8) is 0 Å². The number of rotatable bonds is 3. The largest absolute Gasteiger partial charge is 0.417 e. The highest BCUT2D eigenvalue weighted by Gasteiger charge is 2.30. The molecule has 2 nitrogen and oxygen atoms in total. The zero-order valence-electron chi connectivity index (χ0n) is 10.1. The van der Waals surface area contributed by atoms with Gasteiger partial charge in [-0.25, -0.2) is 9.37 Å². The van der Waals surface area contributed by atoms with Crippen molar-refractivity contribution in [2.75, 3.05) is 0 Å². The molecule has 0 radical (unpaired) electrons. The van der Waals surface area contributed by atoms with Crippen LogP contribution in [0.15, 0.2) is 46.5 Å². The molecule has 0 saturated carbocycles. The number of pyridine rings is 1. The number of hydrogen-bond donors (Lipinski definition) is 1. The monoisotopic (exact) mass is 302 g/mol. The Labute approximate surface area is 117 Å². The summed E-state index contributed by atoms with van der Waals surface area (Å²) in [5.41, 5.74) is 5.20. The van der Waals surface area contributed by atoms with Gasteiger partial charge in [-0.15, -0.1) is 0 Å². The van der Waals surface area contributed by atoms with Crippen LogP contribution in [-0.2, 0) is 12.7 Å². The fourth-order valence-corrected chi connectivity index (χ4v) is 2.23. The number of nitrogens with zero attached hydrogens (tertiary/aromatic N) is 1. The lowest BCUT2D eigenvalue weighted by Gasteiger charge is -2.07. The normalized spacial score (nSPS) is 11.7. The molecule has 1 aromatic carbocycles. The minimum atomic E-state index is -4.43. The summed E-state index contributed by atoms with van der Waals surface area (Å²) in [7, 11) is 0. The van der Waals surface area contributed by atoms with Crippen LogP contribution in [0.2, 0.25) is 0 Å². The molecule has 0 unspecified atom stereocenters. The third-order valence-corrected chi connectivity index (χ3v) is 3.51. The third kappa shape index (κ3) is 3.49. The Morgan fingerprint density at radius 2 is 1.90 bits per heavy atom. The molecule has 2 N–H and O–H groups in total. The zero-order valence-corrected chi connectivity index (χ0v) is 10.9. The minimum Gasteiger partial charge on any atom is -0.326 e. The summed E-state index contributed by atoms with van der Waals surface area (Å²) in [6.07, 6.45) is -3.70. The van der Waals surface area contributed by atoms with Gasteiger partial charge in [0, 0.05) is 17.6 Å². The van der Waals surface area contributed by atoms with Gasteiger partial charge in [-0.05, 0) is 29.8 Å². The topological polar surface area (TPSA) is 38.9 Å². The molecule has 1 heterocycles. The van der Waals surface area contributed by atoms with Gasteiger partial charge in [0.2, 0.25) is 0 Å². The Morgan fingerprint density at radius 3 is 2.40 bits per heavy atom. The molecule has 20 heavy (non-hydrogen) atoms. The van der Waals surface area contributed by atoms with E-state index in [-0.39, 0.29) is 16.5 Å². The Morgan fingerprint density at radius 1 is 1.15 bits per heavy atom. The zero-order chi connectivity index (χ0) is 14.8. The maximum atomic E-state index is 13.7. The van der Waals surface area contributed by atoms with E-state index in [0.29, 0.717) is 5.56 Å². The first-order valence-corrected chi connectivity index (χ1v) is 6.41. The molecule has 0 fully saturated rings. The van der Waals surface area contributed by atoms with Crippen LogP contribution in [0.3, 0.4) is 0 Å². The van der Waals surface area contributed by atoms with Crippen molar-refractivity contribution in [3.05, 3.63) is 53.5 Å². The second-order valence-electron chi connectivity index (χ2n) is 3.95. The van der Waals surface area contributed by atoms with Crippen LogP contribution < -0.4 is 5.73 Å². The van der Waals surface area contributed by atoms with Gasteiger partial charge in [-0.3, -0.25) is 0 Å². The Bertz CT molecular complexity index is 596. The van der Waals surface area contributed by atoms with Crippen LogP contribution >= 0.6 is 11.8 Å². The predicted octanol–water partition coefficient (Wildman–Crippen LogP) is 3.85. The summed E-state index contributed by atoms with van der Waals surface area (Å²) < 4.78 is 50.8. The Balaban J connectivity index is 2.18. The summed E-state index contributed by atoms with van der Waals surface area (Å²) >= 11 is 0.958. The van der Waals surface area contributed by atoms with Crippen LogP contribution in [0.5, 0.6) is 0 Å². The lowest BCUT2D eigenvalue weighted by atomic mass is 10.2. The fraction of sp³-hybridized carbons (Fsp3) is 0.154. The average Bonchev–Trinajstić information content (AvgIpc) is 2.40. The van der Waals surface area contributed by atoms with Crippen molar-refractivity contribution in [2.45, 2.75) is 22.6 Å². The Hall–Kier alpha value is -1.60. The molecule has 0 aliphatic carbocycles. The molecular formula is C13H10F4N2S. The molecule has 2 rings (SSSR count). The molecule has 0 bridgehead atoms. The number of benzene rings is 1. The number of aromatic nitrogens is 1. The number of nitrogens with two attached hydrogens (primary N) is 1. The molecular weight excluding hydrogens is 292 g/mol. The summed E-state index contributed by atoms with van der Waals surface area (Å²) in [6, 6.07) is 6.62. The molecule has 0 spiro atoms. The number of hydrogen-bond acceptors (Lipinski definition) is 3. The molecule has 0 atom stereocenters. The highest BCUT2D eigenvalue weighted by Crippen LogP contribution is 2.32. The summed E-state index contributed by atoms with van der Waals surface area (Å²) in [5.74, 6) is -0.473. The maximum absolute atomic E-state index is 13.7. The summed E-state index contributed by atoms with van der Waals surface area (Å²) in [6.45, 7) is 0.223. The molecule has 0 aliphatic rings. The summed E-state index contributed by atoms with van der Waals surface area (Å²) in [5, 5.41) is 0.289. The highest BCUT2D eigenvalue weighted by atomic mass is 32.2. The molecule has 0 saturated heterocycles. The van der Waals surface area contributed by atoms with E-state index in [1.807, 2.05) is 0 Å². The highest BCUT2D eigenvalue weighted by molar-refractivity contribution is 7.99. The van der Waals surface area contributed by atoms with Crippen molar-refractivity contribution >= 4 is 11.8 Å². The molecule has 7 heteroatoms. The standard InChI is InChI=1S/C13H10F4N2S/c14-10-5-8(6-18)1-3-11(10)20-12-4-2-9(7-19-12)13(15,16)17/h1-5,7H,6,18H2. The van der Waals surface area contributed by atoms with Gasteiger partial charge in [0.15, 0.2) is 0 Å². The van der Waals surface area contributed by atoms with Gasteiger partial charge in [0.1, 0.15) is 10.8 Å². The van der Waals surface area contributed by atoms with Gasteiger partial charge in [0.25, 0.3) is 0 Å². The number of halogens is 4. The van der Waals surface area contributed by atoms with Gasteiger partial charge < -0.3 is 5.73 Å². The van der Waals surface area contributed by atoms with Gasteiger partial charge in [-0.2, -0.15) is 13.2 Å². The van der Waals surface area contributed by atoms with Gasteiger partial charge in [0.05, 0.1) is 5.56 Å². The van der Waals surface area contributed by atoms with Crippen LogP contribution in [0.25, 0.3) is 0 Å². The summed E-state index contributed by atoms with van der Waals surface area (Å²) in [4.78, 5) is 3.96. The second kappa shape index (κ2) is 5.80.